The monoisotopic (exact) mass is 219 g/mol. The van der Waals surface area contributed by atoms with E-state index in [-0.39, 0.29) is 5.97 Å². The van der Waals surface area contributed by atoms with Gasteiger partial charge in [-0.2, -0.15) is 0 Å². The molecule has 7 heteroatoms. The Hall–Kier alpha value is -1.63. The summed E-state index contributed by atoms with van der Waals surface area (Å²) in [6.45, 7) is 6.28. The Bertz CT molecular complexity index is 223. The molecule has 0 rings (SSSR count). The van der Waals surface area contributed by atoms with Crippen molar-refractivity contribution >= 4 is 5.97 Å². The van der Waals surface area contributed by atoms with Gasteiger partial charge in [-0.15, -0.1) is 0 Å². The standard InChI is InChI=1S/C8H15NO2.NO3/c1-7(2)8(10)11-6-5-9(3)4;2-1(3)4/h1,5-6H2,2-4H3;/q;-1. The highest BCUT2D eigenvalue weighted by Gasteiger charge is 2.01. The van der Waals surface area contributed by atoms with E-state index in [0.717, 1.165) is 6.54 Å². The van der Waals surface area contributed by atoms with Gasteiger partial charge in [-0.05, 0) is 21.0 Å². The molecule has 0 saturated heterocycles. The summed E-state index contributed by atoms with van der Waals surface area (Å²) in [5, 5.41) is 14.8. The molecule has 0 radical (unpaired) electrons. The van der Waals surface area contributed by atoms with E-state index in [1.807, 2.05) is 19.0 Å². The molecule has 0 amide bonds. The molecule has 0 atom stereocenters. The van der Waals surface area contributed by atoms with E-state index in [1.165, 1.54) is 0 Å². The normalized spacial score (nSPS) is 8.80. The summed E-state index contributed by atoms with van der Waals surface area (Å²) in [6, 6.07) is 0. The molecular formula is C8H15N2O5-. The maximum absolute atomic E-state index is 10.8. The zero-order valence-electron chi connectivity index (χ0n) is 9.06. The topological polar surface area (TPSA) is 95.7 Å². The summed E-state index contributed by atoms with van der Waals surface area (Å²) in [6.07, 6.45) is 0. The maximum Gasteiger partial charge on any atom is 0.333 e. The van der Waals surface area contributed by atoms with Gasteiger partial charge in [-0.3, -0.25) is 0 Å². The van der Waals surface area contributed by atoms with Crippen LogP contribution in [0, 0.1) is 15.3 Å². The van der Waals surface area contributed by atoms with Gasteiger partial charge in [-0.1, -0.05) is 6.58 Å². The minimum absolute atomic E-state index is 0.313. The molecule has 0 aromatic carbocycles. The van der Waals surface area contributed by atoms with Gasteiger partial charge >= 0.3 is 5.97 Å². The van der Waals surface area contributed by atoms with Crippen molar-refractivity contribution in [2.45, 2.75) is 6.92 Å². The van der Waals surface area contributed by atoms with Crippen LogP contribution in [-0.2, 0) is 9.53 Å². The zero-order valence-corrected chi connectivity index (χ0v) is 9.06. The molecule has 0 fully saturated rings. The molecule has 0 N–H and O–H groups in total. The van der Waals surface area contributed by atoms with E-state index < -0.39 is 5.09 Å². The van der Waals surface area contributed by atoms with Crippen LogP contribution in [0.2, 0.25) is 0 Å². The highest BCUT2D eigenvalue weighted by atomic mass is 16.9. The molecule has 0 heterocycles. The van der Waals surface area contributed by atoms with Crippen LogP contribution in [0.15, 0.2) is 12.2 Å². The van der Waals surface area contributed by atoms with Crippen LogP contribution < -0.4 is 0 Å². The Kier molecular flexibility index (Phi) is 9.44. The molecular weight excluding hydrogens is 204 g/mol. The summed E-state index contributed by atoms with van der Waals surface area (Å²) in [7, 11) is 3.85. The third-order valence-corrected chi connectivity index (χ3v) is 1.12. The van der Waals surface area contributed by atoms with Crippen LogP contribution >= 0.6 is 0 Å². The fourth-order valence-electron chi connectivity index (χ4n) is 0.444. The van der Waals surface area contributed by atoms with Crippen molar-refractivity contribution in [1.82, 2.24) is 4.90 Å². The van der Waals surface area contributed by atoms with Gasteiger partial charge in [0, 0.05) is 12.1 Å². The van der Waals surface area contributed by atoms with Gasteiger partial charge in [0.15, 0.2) is 0 Å². The number of carbonyl (C=O) groups excluding carboxylic acids is 1. The largest absolute Gasteiger partial charge is 0.461 e. The number of likely N-dealkylation sites (N-methyl/N-ethyl adjacent to an activating group) is 1. The van der Waals surface area contributed by atoms with E-state index in [2.05, 4.69) is 6.58 Å². The Morgan fingerprint density at radius 1 is 1.47 bits per heavy atom. The lowest BCUT2D eigenvalue weighted by Gasteiger charge is -2.09. The van der Waals surface area contributed by atoms with Crippen molar-refractivity contribution in [3.05, 3.63) is 27.5 Å². The lowest BCUT2D eigenvalue weighted by atomic mass is 10.4. The quantitative estimate of drug-likeness (QED) is 0.294. The highest BCUT2D eigenvalue weighted by molar-refractivity contribution is 5.86. The summed E-state index contributed by atoms with van der Waals surface area (Å²) in [5.41, 5.74) is 0.448. The number of nitrogens with zero attached hydrogens (tertiary/aromatic N) is 2. The number of ether oxygens (including phenoxy) is 1. The van der Waals surface area contributed by atoms with Gasteiger partial charge in [-0.25, -0.2) is 4.79 Å². The summed E-state index contributed by atoms with van der Waals surface area (Å²) in [4.78, 5) is 21.0. The Labute approximate surface area is 88.0 Å². The molecule has 88 valence electrons. The van der Waals surface area contributed by atoms with Gasteiger partial charge in [0.1, 0.15) is 6.61 Å². The van der Waals surface area contributed by atoms with Crippen molar-refractivity contribution in [3.8, 4) is 0 Å². The summed E-state index contributed by atoms with van der Waals surface area (Å²) < 4.78 is 4.83. The molecule has 0 aliphatic rings. The first-order valence-electron chi connectivity index (χ1n) is 4.06. The smallest absolute Gasteiger partial charge is 0.333 e. The van der Waals surface area contributed by atoms with Crippen LogP contribution in [0.1, 0.15) is 6.92 Å². The number of hydrogen-bond donors (Lipinski definition) is 0. The zero-order chi connectivity index (χ0) is 12.4. The highest BCUT2D eigenvalue weighted by Crippen LogP contribution is 1.91. The summed E-state index contributed by atoms with van der Waals surface area (Å²) >= 11 is 0. The SMILES string of the molecule is C=C(C)C(=O)OCCN(C)C.O=[N+]([O-])[O-]. The van der Waals surface area contributed by atoms with Crippen molar-refractivity contribution in [2.24, 2.45) is 0 Å². The summed E-state index contributed by atoms with van der Waals surface area (Å²) in [5.74, 6) is -0.313. The fraction of sp³-hybridized carbons (Fsp3) is 0.625. The van der Waals surface area contributed by atoms with E-state index in [9.17, 15) is 4.79 Å². The predicted molar refractivity (Wildman–Crippen MR) is 54.7 cm³/mol. The molecule has 0 spiro atoms. The molecule has 0 aromatic rings. The van der Waals surface area contributed by atoms with Gasteiger partial charge in [0.05, 0.1) is 5.09 Å². The Morgan fingerprint density at radius 3 is 2.13 bits per heavy atom. The van der Waals surface area contributed by atoms with Crippen molar-refractivity contribution in [2.75, 3.05) is 27.2 Å². The van der Waals surface area contributed by atoms with Crippen LogP contribution in [0.5, 0.6) is 0 Å². The van der Waals surface area contributed by atoms with Gasteiger partial charge < -0.3 is 25.0 Å². The number of hydrogen-bond acceptors (Lipinski definition) is 6. The van der Waals surface area contributed by atoms with E-state index in [4.69, 9.17) is 20.1 Å². The number of esters is 1. The van der Waals surface area contributed by atoms with Gasteiger partial charge in [0.2, 0.25) is 0 Å². The molecule has 0 saturated carbocycles. The average molecular weight is 219 g/mol. The number of carbonyl (C=O) groups is 1. The third kappa shape index (κ3) is 19.0. The van der Waals surface area contributed by atoms with Crippen molar-refractivity contribution < 1.29 is 14.6 Å². The van der Waals surface area contributed by atoms with E-state index in [1.54, 1.807) is 6.92 Å². The first-order valence-corrected chi connectivity index (χ1v) is 4.06. The van der Waals surface area contributed by atoms with Crippen LogP contribution in [-0.4, -0.2) is 43.2 Å². The third-order valence-electron chi connectivity index (χ3n) is 1.12. The number of rotatable bonds is 4. The fourth-order valence-corrected chi connectivity index (χ4v) is 0.444. The second-order valence-electron chi connectivity index (χ2n) is 2.94. The Morgan fingerprint density at radius 2 is 1.87 bits per heavy atom. The average Bonchev–Trinajstić information content (AvgIpc) is 2.01. The molecule has 7 nitrogen and oxygen atoms in total. The van der Waals surface area contributed by atoms with Crippen LogP contribution in [0.4, 0.5) is 0 Å². The molecule has 0 aliphatic carbocycles. The van der Waals surface area contributed by atoms with E-state index >= 15 is 0 Å². The lowest BCUT2D eigenvalue weighted by molar-refractivity contribution is -0.402. The van der Waals surface area contributed by atoms with E-state index in [0.29, 0.717) is 12.2 Å². The minimum Gasteiger partial charge on any atom is -0.461 e. The van der Waals surface area contributed by atoms with Crippen LogP contribution in [0.3, 0.4) is 0 Å². The predicted octanol–water partition coefficient (Wildman–Crippen LogP) is 0.428. The molecule has 15 heavy (non-hydrogen) atoms. The first-order chi connectivity index (χ1) is 6.77. The molecule has 0 bridgehead atoms. The molecule has 0 aliphatic heterocycles. The van der Waals surface area contributed by atoms with Crippen LogP contribution in [0.25, 0.3) is 0 Å². The molecule has 0 unspecified atom stereocenters. The van der Waals surface area contributed by atoms with Gasteiger partial charge in [0.25, 0.3) is 0 Å². The maximum atomic E-state index is 10.8. The Balaban J connectivity index is 0. The lowest BCUT2D eigenvalue weighted by Crippen LogP contribution is -2.20. The van der Waals surface area contributed by atoms with Crippen molar-refractivity contribution in [1.29, 1.82) is 0 Å². The second-order valence-corrected chi connectivity index (χ2v) is 2.94. The second kappa shape index (κ2) is 8.95. The minimum atomic E-state index is -1.75. The van der Waals surface area contributed by atoms with Crippen molar-refractivity contribution in [3.63, 3.8) is 0 Å². The first kappa shape index (κ1) is 15.8. The molecule has 0 aromatic heterocycles.